The number of amides is 1. The first-order chi connectivity index (χ1) is 21.2. The quantitative estimate of drug-likeness (QED) is 0.375. The zero-order valence-electron chi connectivity index (χ0n) is 25.4. The molecule has 1 amide bonds. The highest BCUT2D eigenvalue weighted by Gasteiger charge is 2.42. The van der Waals surface area contributed by atoms with Crippen LogP contribution in [0.25, 0.3) is 0 Å². The fourth-order valence-electron chi connectivity index (χ4n) is 6.31. The number of piperidine rings is 1. The van der Waals surface area contributed by atoms with Gasteiger partial charge in [0.2, 0.25) is 11.8 Å². The van der Waals surface area contributed by atoms with Crippen molar-refractivity contribution in [2.24, 2.45) is 5.92 Å². The highest BCUT2D eigenvalue weighted by Crippen LogP contribution is 2.37. The summed E-state index contributed by atoms with van der Waals surface area (Å²) in [4.78, 5) is 28.0. The standard InChI is InChI=1S/C33H42Cl2N6O3/c1-23(42)36-19-24-4-8-39(9-5-24)21-25-14-30(26-16-27(34)18-28(35)17-26)38-32(15-25)44-29-2-3-31(37-20-29)41-12-10-40(11-13-41)22-33(43)6-7-33/h2-3,14-16,18,20,24,26,43H,4-13,17,19,21-22H2,1H3,(H,36,42). The molecular formula is C33H42Cl2N6O3. The zero-order chi connectivity index (χ0) is 30.7. The largest absolute Gasteiger partial charge is 0.437 e. The molecule has 2 aliphatic carbocycles. The Balaban J connectivity index is 1.12. The number of hydrogen-bond donors (Lipinski definition) is 2. The number of nitrogens with one attached hydrogen (secondary N) is 1. The molecule has 44 heavy (non-hydrogen) atoms. The van der Waals surface area contributed by atoms with E-state index in [2.05, 4.69) is 26.1 Å². The van der Waals surface area contributed by atoms with E-state index in [0.717, 1.165) is 102 Å². The van der Waals surface area contributed by atoms with Gasteiger partial charge in [0.15, 0.2) is 0 Å². The van der Waals surface area contributed by atoms with E-state index in [9.17, 15) is 9.90 Å². The summed E-state index contributed by atoms with van der Waals surface area (Å²) in [6, 6.07) is 8.11. The number of hydrogen-bond acceptors (Lipinski definition) is 8. The van der Waals surface area contributed by atoms with E-state index in [-0.39, 0.29) is 11.8 Å². The molecule has 2 aromatic rings. The lowest BCUT2D eigenvalue weighted by Crippen LogP contribution is -2.49. The number of piperazine rings is 1. The second-order valence-electron chi connectivity index (χ2n) is 12.8. The molecule has 4 aliphatic rings. The Morgan fingerprint density at radius 2 is 1.86 bits per heavy atom. The molecule has 6 rings (SSSR count). The molecule has 0 radical (unpaired) electrons. The zero-order valence-corrected chi connectivity index (χ0v) is 26.9. The molecular weight excluding hydrogens is 599 g/mol. The molecule has 2 aliphatic heterocycles. The van der Waals surface area contributed by atoms with E-state index in [1.165, 1.54) is 0 Å². The predicted molar refractivity (Wildman–Crippen MR) is 173 cm³/mol. The van der Waals surface area contributed by atoms with Crippen LogP contribution in [0.2, 0.25) is 0 Å². The molecule has 1 saturated carbocycles. The molecule has 0 bridgehead atoms. The van der Waals surface area contributed by atoms with Gasteiger partial charge in [0.05, 0.1) is 17.5 Å². The minimum atomic E-state index is -0.446. The molecule has 1 unspecified atom stereocenters. The fourth-order valence-corrected chi connectivity index (χ4v) is 6.94. The van der Waals surface area contributed by atoms with Gasteiger partial charge in [-0.25, -0.2) is 9.97 Å². The van der Waals surface area contributed by atoms with Crippen LogP contribution in [-0.2, 0) is 11.3 Å². The van der Waals surface area contributed by atoms with Gasteiger partial charge in [0.25, 0.3) is 0 Å². The van der Waals surface area contributed by atoms with E-state index in [0.29, 0.717) is 34.0 Å². The molecule has 9 nitrogen and oxygen atoms in total. The number of ether oxygens (including phenoxy) is 1. The predicted octanol–water partition coefficient (Wildman–Crippen LogP) is 5.00. The third-order valence-electron chi connectivity index (χ3n) is 9.07. The van der Waals surface area contributed by atoms with Crippen LogP contribution < -0.4 is 15.0 Å². The number of carbonyl (C=O) groups is 1. The van der Waals surface area contributed by atoms with Crippen molar-refractivity contribution < 1.29 is 14.6 Å². The van der Waals surface area contributed by atoms with Crippen molar-refractivity contribution in [2.75, 3.05) is 57.3 Å². The smallest absolute Gasteiger partial charge is 0.219 e. The Kier molecular flexibility index (Phi) is 9.78. The van der Waals surface area contributed by atoms with Crippen molar-refractivity contribution in [2.45, 2.75) is 57.1 Å². The average molecular weight is 642 g/mol. The molecule has 236 valence electrons. The average Bonchev–Trinajstić information content (AvgIpc) is 3.73. The number of pyridine rings is 2. The highest BCUT2D eigenvalue weighted by molar-refractivity contribution is 6.35. The second kappa shape index (κ2) is 13.7. The van der Waals surface area contributed by atoms with Crippen LogP contribution in [0.5, 0.6) is 11.6 Å². The number of carbonyl (C=O) groups excluding carboxylic acids is 1. The monoisotopic (exact) mass is 640 g/mol. The van der Waals surface area contributed by atoms with Gasteiger partial charge in [-0.1, -0.05) is 29.3 Å². The number of nitrogens with zero attached hydrogens (tertiary/aromatic N) is 5. The van der Waals surface area contributed by atoms with E-state index < -0.39 is 5.60 Å². The summed E-state index contributed by atoms with van der Waals surface area (Å²) in [5.74, 6) is 2.59. The summed E-state index contributed by atoms with van der Waals surface area (Å²) in [5.41, 5.74) is 1.55. The SMILES string of the molecule is CC(=O)NCC1CCN(Cc2cc(Oc3ccc(N4CCN(CC5(O)CC5)CC4)nc3)nc(C3C=C(Cl)C=C(Cl)C3)c2)CC1. The summed E-state index contributed by atoms with van der Waals surface area (Å²) in [6.45, 7) is 9.44. The topological polar surface area (TPSA) is 94.1 Å². The second-order valence-corrected chi connectivity index (χ2v) is 13.7. The third kappa shape index (κ3) is 8.52. The number of halogens is 2. The van der Waals surface area contributed by atoms with E-state index in [1.807, 2.05) is 24.3 Å². The summed E-state index contributed by atoms with van der Waals surface area (Å²) in [7, 11) is 0. The van der Waals surface area contributed by atoms with Gasteiger partial charge in [-0.05, 0) is 81.0 Å². The van der Waals surface area contributed by atoms with Crippen molar-refractivity contribution >= 4 is 34.9 Å². The van der Waals surface area contributed by atoms with Crippen LogP contribution in [0.3, 0.4) is 0 Å². The maximum atomic E-state index is 11.3. The minimum absolute atomic E-state index is 0.0317. The number of aliphatic hydroxyl groups is 1. The lowest BCUT2D eigenvalue weighted by molar-refractivity contribution is -0.119. The Morgan fingerprint density at radius 1 is 1.09 bits per heavy atom. The van der Waals surface area contributed by atoms with Crippen LogP contribution in [0, 0.1) is 5.92 Å². The third-order valence-corrected chi connectivity index (χ3v) is 9.57. The van der Waals surface area contributed by atoms with Gasteiger partial charge < -0.3 is 20.1 Å². The Labute approximate surface area is 269 Å². The van der Waals surface area contributed by atoms with Crippen molar-refractivity contribution in [3.8, 4) is 11.6 Å². The van der Waals surface area contributed by atoms with Gasteiger partial charge in [-0.3, -0.25) is 14.6 Å². The molecule has 2 aromatic heterocycles. The maximum absolute atomic E-state index is 11.3. The molecule has 0 spiro atoms. The minimum Gasteiger partial charge on any atom is -0.437 e. The first-order valence-corrected chi connectivity index (χ1v) is 16.5. The van der Waals surface area contributed by atoms with Gasteiger partial charge in [-0.2, -0.15) is 0 Å². The summed E-state index contributed by atoms with van der Waals surface area (Å²) in [5, 5.41) is 14.5. The van der Waals surface area contributed by atoms with Crippen molar-refractivity contribution in [1.82, 2.24) is 25.1 Å². The number of anilines is 1. The first-order valence-electron chi connectivity index (χ1n) is 15.7. The van der Waals surface area contributed by atoms with Crippen LogP contribution in [0.4, 0.5) is 5.82 Å². The summed E-state index contributed by atoms with van der Waals surface area (Å²) >= 11 is 12.8. The molecule has 2 N–H and O–H groups in total. The molecule has 11 heteroatoms. The highest BCUT2D eigenvalue weighted by atomic mass is 35.5. The number of aromatic nitrogens is 2. The normalized spacial score (nSPS) is 22.7. The van der Waals surface area contributed by atoms with Gasteiger partial charge in [0, 0.05) is 74.8 Å². The molecule has 2 saturated heterocycles. The summed E-state index contributed by atoms with van der Waals surface area (Å²) in [6.07, 6.45) is 10.1. The number of allylic oxidation sites excluding steroid dienone is 4. The number of rotatable bonds is 10. The van der Waals surface area contributed by atoms with Crippen molar-refractivity contribution in [1.29, 1.82) is 0 Å². The van der Waals surface area contributed by atoms with Gasteiger partial charge in [0.1, 0.15) is 11.6 Å². The number of likely N-dealkylation sites (tertiary alicyclic amines) is 1. The van der Waals surface area contributed by atoms with Crippen LogP contribution in [0.15, 0.2) is 52.7 Å². The van der Waals surface area contributed by atoms with Gasteiger partial charge in [-0.15, -0.1) is 0 Å². The molecule has 0 aromatic carbocycles. The summed E-state index contributed by atoms with van der Waals surface area (Å²) < 4.78 is 6.30. The Hall–Kier alpha value is -2.69. The van der Waals surface area contributed by atoms with E-state index in [4.69, 9.17) is 37.9 Å². The van der Waals surface area contributed by atoms with E-state index >= 15 is 0 Å². The van der Waals surface area contributed by atoms with Crippen LogP contribution in [-0.4, -0.2) is 88.7 Å². The van der Waals surface area contributed by atoms with Gasteiger partial charge >= 0.3 is 0 Å². The molecule has 4 heterocycles. The van der Waals surface area contributed by atoms with Crippen molar-refractivity contribution in [3.63, 3.8) is 0 Å². The molecule has 3 fully saturated rings. The van der Waals surface area contributed by atoms with E-state index in [1.54, 1.807) is 19.2 Å². The Bertz CT molecular complexity index is 1380. The fraction of sp³-hybridized carbons (Fsp3) is 0.545. The lowest BCUT2D eigenvalue weighted by atomic mass is 9.94. The lowest BCUT2D eigenvalue weighted by Gasteiger charge is -2.36. The van der Waals surface area contributed by atoms with Crippen molar-refractivity contribution in [3.05, 3.63) is 63.9 Å². The molecule has 1 atom stereocenters. The number of β-amino-alcohol motifs (C(OH)–C–C–N with tert-alkyl or cyclic N) is 1. The maximum Gasteiger partial charge on any atom is 0.219 e. The Morgan fingerprint density at radius 3 is 2.52 bits per heavy atom. The first kappa shape index (κ1) is 31.3. The van der Waals surface area contributed by atoms with Crippen LogP contribution >= 0.6 is 23.2 Å². The van der Waals surface area contributed by atoms with Crippen LogP contribution in [0.1, 0.15) is 56.2 Å².